The van der Waals surface area contributed by atoms with Crippen LogP contribution in [-0.4, -0.2) is 96.2 Å². The van der Waals surface area contributed by atoms with E-state index in [9.17, 15) is 38.7 Å². The summed E-state index contributed by atoms with van der Waals surface area (Å²) in [4.78, 5) is 98.0. The van der Waals surface area contributed by atoms with Gasteiger partial charge in [0.15, 0.2) is 12.4 Å². The molecule has 2 amide bonds. The molecule has 0 bridgehead atoms. The Kier molecular flexibility index (Phi) is 41.9. The van der Waals surface area contributed by atoms with E-state index in [1.165, 1.54) is 96.3 Å². The fourth-order valence-electron chi connectivity index (χ4n) is 11.9. The second kappa shape index (κ2) is 50.4. The van der Waals surface area contributed by atoms with Crippen LogP contribution in [0.3, 0.4) is 0 Å². The van der Waals surface area contributed by atoms with E-state index < -0.39 is 104 Å². The lowest BCUT2D eigenvalue weighted by molar-refractivity contribution is -0.286. The van der Waals surface area contributed by atoms with Crippen LogP contribution >= 0.6 is 0 Å². The Morgan fingerprint density at radius 2 is 0.876 bits per heavy atom. The van der Waals surface area contributed by atoms with Crippen molar-refractivity contribution >= 4 is 41.7 Å². The highest BCUT2D eigenvalue weighted by molar-refractivity contribution is 5.97. The average molecular weight is 1350 g/mol. The summed E-state index contributed by atoms with van der Waals surface area (Å²) in [6.45, 7) is 5.72. The average Bonchev–Trinajstić information content (AvgIpc) is 0.796. The van der Waals surface area contributed by atoms with Crippen molar-refractivity contribution in [3.8, 4) is 0 Å². The van der Waals surface area contributed by atoms with Crippen molar-refractivity contribution in [3.63, 3.8) is 0 Å². The lowest BCUT2D eigenvalue weighted by Crippen LogP contribution is -2.66. The summed E-state index contributed by atoms with van der Waals surface area (Å²) in [5, 5.41) is 18.2. The van der Waals surface area contributed by atoms with Gasteiger partial charge in [-0.15, -0.1) is 0 Å². The minimum atomic E-state index is -1.78. The van der Waals surface area contributed by atoms with E-state index in [0.29, 0.717) is 24.0 Å². The number of benzene rings is 4. The van der Waals surface area contributed by atoms with Gasteiger partial charge in [-0.05, 0) is 66.5 Å². The van der Waals surface area contributed by atoms with E-state index >= 15 is 0 Å². The van der Waals surface area contributed by atoms with Crippen LogP contribution in [-0.2, 0) is 88.2 Å². The maximum absolute atomic E-state index is 14.5. The first-order valence-electron chi connectivity index (χ1n) is 37.0. The molecule has 1 saturated heterocycles. The van der Waals surface area contributed by atoms with Crippen LogP contribution in [0.5, 0.6) is 0 Å². The number of nitrogens with one attached hydrogen (secondary N) is 2. The Morgan fingerprint density at radius 3 is 1.34 bits per heavy atom. The lowest BCUT2D eigenvalue weighted by Gasteiger charge is -2.44. The molecule has 17 nitrogen and oxygen atoms in total. The lowest BCUT2D eigenvalue weighted by atomic mass is 9.95. The van der Waals surface area contributed by atoms with Gasteiger partial charge in [0.2, 0.25) is 5.91 Å². The minimum Gasteiger partial charge on any atom is -0.461 e. The van der Waals surface area contributed by atoms with Crippen molar-refractivity contribution in [2.24, 2.45) is 0 Å². The van der Waals surface area contributed by atoms with Crippen molar-refractivity contribution in [1.82, 2.24) is 10.6 Å². The van der Waals surface area contributed by atoms with Crippen LogP contribution in [0.25, 0.3) is 0 Å². The summed E-state index contributed by atoms with van der Waals surface area (Å²) >= 11 is 0. The number of aryl methyl sites for hydroxylation is 1. The molecule has 3 N–H and O–H groups in total. The smallest absolute Gasteiger partial charge is 0.328 e. The molecule has 1 aliphatic heterocycles. The first kappa shape index (κ1) is 80.7. The molecule has 4 aromatic rings. The zero-order valence-corrected chi connectivity index (χ0v) is 58.8. The maximum Gasteiger partial charge on any atom is 0.328 e. The SMILES string of the molecule is CCCCCCCCCCCCCC(=O)N[C@H]1[C@@H](OC(CC(=O)OCc2ccccc2)CC(=O)OCc2ccccc2)O[C@H](COC(=O)[C@@H](CCC(=O)OCc2ccccc2)NC(=O)c2ccc(CCCCCCCC)cc2)[C@@H](O)[C@@H]1OC(=O)CCCCCCCCCCCCC. The van der Waals surface area contributed by atoms with Crippen LogP contribution in [0.4, 0.5) is 0 Å². The second-order valence-corrected chi connectivity index (χ2v) is 26.2. The Hall–Kier alpha value is -6.95. The number of aliphatic hydroxyl groups excluding tert-OH is 1. The van der Waals surface area contributed by atoms with E-state index in [0.717, 1.165) is 88.2 Å². The van der Waals surface area contributed by atoms with E-state index in [1.807, 2.05) is 78.9 Å². The van der Waals surface area contributed by atoms with Gasteiger partial charge in [-0.25, -0.2) is 4.79 Å². The standard InChI is InChI=1S/C80H116N2O15/c1-4-7-10-13-16-18-20-22-24-27-39-48-70(83)82-75-77(97-72(85)49-40-28-25-23-21-19-17-14-11-8-5-2)76(88)69(96-80(75)95-67(56-73(86)92-59-64-44-35-30-36-45-64)57-74(87)93-60-65-46-37-31-38-47-65)61-94-79(90)68(54-55-71(84)91-58-63-42-33-29-34-43-63)81-78(89)66-52-50-62(51-53-66)41-32-26-15-12-9-6-3/h29-31,33-38,42-47,50-53,67-69,75-77,80,88H,4-28,32,39-41,48-49,54-61H2,1-3H3,(H,81,89)(H,82,83)/t68-,69-,75-,76-,77-,80+/m1/s1. The molecule has 536 valence electrons. The van der Waals surface area contributed by atoms with Gasteiger partial charge in [0.25, 0.3) is 5.91 Å². The van der Waals surface area contributed by atoms with Crippen LogP contribution < -0.4 is 10.6 Å². The van der Waals surface area contributed by atoms with Gasteiger partial charge in [-0.2, -0.15) is 0 Å². The third kappa shape index (κ3) is 35.4. The fourth-order valence-corrected chi connectivity index (χ4v) is 11.9. The van der Waals surface area contributed by atoms with Gasteiger partial charge in [0.1, 0.15) is 50.7 Å². The molecule has 0 spiro atoms. The fraction of sp³-hybridized carbons (Fsp3) is 0.613. The van der Waals surface area contributed by atoms with Gasteiger partial charge in [-0.3, -0.25) is 28.8 Å². The highest BCUT2D eigenvalue weighted by Crippen LogP contribution is 2.29. The molecular formula is C80H116N2O15. The third-order valence-corrected chi connectivity index (χ3v) is 17.8. The number of hydrogen-bond acceptors (Lipinski definition) is 15. The summed E-state index contributed by atoms with van der Waals surface area (Å²) in [5.41, 5.74) is 3.54. The van der Waals surface area contributed by atoms with Crippen molar-refractivity contribution in [1.29, 1.82) is 0 Å². The van der Waals surface area contributed by atoms with Gasteiger partial charge in [0.05, 0.1) is 18.9 Å². The van der Waals surface area contributed by atoms with Crippen molar-refractivity contribution in [3.05, 3.63) is 143 Å². The molecule has 97 heavy (non-hydrogen) atoms. The number of ether oxygens (including phenoxy) is 7. The monoisotopic (exact) mass is 1340 g/mol. The zero-order valence-electron chi connectivity index (χ0n) is 58.8. The van der Waals surface area contributed by atoms with Crippen molar-refractivity contribution in [2.75, 3.05) is 6.61 Å². The van der Waals surface area contributed by atoms with E-state index in [2.05, 4.69) is 31.4 Å². The normalized spacial score (nSPS) is 16.2. The highest BCUT2D eigenvalue weighted by Gasteiger charge is 2.50. The number of hydrogen-bond donors (Lipinski definition) is 3. The summed E-state index contributed by atoms with van der Waals surface area (Å²) in [6.07, 6.45) is 21.8. The first-order valence-corrected chi connectivity index (χ1v) is 37.0. The van der Waals surface area contributed by atoms with Crippen LogP contribution in [0.1, 0.15) is 272 Å². The molecule has 0 unspecified atom stereocenters. The number of rotatable bonds is 53. The molecule has 1 aliphatic rings. The minimum absolute atomic E-state index is 0.00811. The number of carbonyl (C=O) groups excluding carboxylic acids is 7. The number of aliphatic hydroxyl groups is 1. The molecule has 0 aliphatic carbocycles. The highest BCUT2D eigenvalue weighted by atomic mass is 16.7. The van der Waals surface area contributed by atoms with Gasteiger partial charge >= 0.3 is 29.8 Å². The summed E-state index contributed by atoms with van der Waals surface area (Å²) in [6, 6.07) is 31.5. The maximum atomic E-state index is 14.5. The van der Waals surface area contributed by atoms with Crippen LogP contribution in [0.2, 0.25) is 0 Å². The Bertz CT molecular complexity index is 2730. The first-order chi connectivity index (χ1) is 47.3. The van der Waals surface area contributed by atoms with Gasteiger partial charge in [-0.1, -0.05) is 284 Å². The van der Waals surface area contributed by atoms with Crippen LogP contribution in [0, 0.1) is 0 Å². The Labute approximate surface area is 579 Å². The molecule has 17 heteroatoms. The molecular weight excluding hydrogens is 1230 g/mol. The zero-order chi connectivity index (χ0) is 69.3. The molecule has 5 rings (SSSR count). The van der Waals surface area contributed by atoms with E-state index in [-0.39, 0.29) is 51.1 Å². The molecule has 0 radical (unpaired) electrons. The predicted octanol–water partition coefficient (Wildman–Crippen LogP) is 16.3. The number of unbranched alkanes of at least 4 members (excludes halogenated alkanes) is 25. The molecule has 0 aromatic heterocycles. The largest absolute Gasteiger partial charge is 0.461 e. The van der Waals surface area contributed by atoms with Crippen molar-refractivity contribution < 1.29 is 71.8 Å². The number of carbonyl (C=O) groups is 7. The molecule has 0 saturated carbocycles. The topological polar surface area (TPSA) is 228 Å². The second-order valence-electron chi connectivity index (χ2n) is 26.2. The van der Waals surface area contributed by atoms with Gasteiger partial charge in [0, 0.05) is 24.8 Å². The van der Waals surface area contributed by atoms with Gasteiger partial charge < -0.3 is 48.9 Å². The summed E-state index contributed by atoms with van der Waals surface area (Å²) < 4.78 is 42.3. The van der Waals surface area contributed by atoms with Crippen molar-refractivity contribution in [2.45, 2.75) is 308 Å². The summed E-state index contributed by atoms with van der Waals surface area (Å²) in [5.74, 6) is -4.79. The molecule has 4 aromatic carbocycles. The Balaban J connectivity index is 1.42. The third-order valence-electron chi connectivity index (χ3n) is 17.8. The van der Waals surface area contributed by atoms with E-state index in [4.69, 9.17) is 33.2 Å². The number of esters is 5. The van der Waals surface area contributed by atoms with Crippen LogP contribution in [0.15, 0.2) is 115 Å². The number of amides is 2. The molecule has 1 heterocycles. The molecule has 1 fully saturated rings. The summed E-state index contributed by atoms with van der Waals surface area (Å²) in [7, 11) is 0. The molecule has 6 atom stereocenters. The van der Waals surface area contributed by atoms with E-state index in [1.54, 1.807) is 36.4 Å². The Morgan fingerprint density at radius 1 is 0.454 bits per heavy atom. The quantitative estimate of drug-likeness (QED) is 0.0212. The predicted molar refractivity (Wildman–Crippen MR) is 376 cm³/mol.